The molecule has 0 saturated heterocycles. The second-order valence-electron chi connectivity index (χ2n) is 6.34. The molecule has 1 atom stereocenters. The average Bonchev–Trinajstić information content (AvgIpc) is 3.31. The Morgan fingerprint density at radius 3 is 2.75 bits per heavy atom. The molecule has 0 spiro atoms. The first-order valence-corrected chi connectivity index (χ1v) is 8.97. The molecule has 1 aliphatic rings. The maximum absolute atomic E-state index is 13.1. The zero-order valence-electron chi connectivity index (χ0n) is 14.9. The van der Waals surface area contributed by atoms with Crippen LogP contribution in [0.1, 0.15) is 12.0 Å². The van der Waals surface area contributed by atoms with Crippen LogP contribution in [0.15, 0.2) is 59.9 Å². The van der Waals surface area contributed by atoms with E-state index < -0.39 is 6.10 Å². The van der Waals surface area contributed by atoms with E-state index in [1.54, 1.807) is 36.0 Å². The van der Waals surface area contributed by atoms with Gasteiger partial charge in [0.15, 0.2) is 0 Å². The Morgan fingerprint density at radius 2 is 2.00 bits per heavy atom. The van der Waals surface area contributed by atoms with Crippen LogP contribution in [-0.2, 0) is 16.7 Å². The second-order valence-corrected chi connectivity index (χ2v) is 6.75. The molecule has 2 heterocycles. The smallest absolute Gasteiger partial charge is 0.271 e. The molecule has 1 amide bonds. The number of aromatic nitrogens is 2. The minimum atomic E-state index is -0.766. The van der Waals surface area contributed by atoms with E-state index in [0.717, 1.165) is 16.8 Å². The maximum atomic E-state index is 13.1. The van der Waals surface area contributed by atoms with Gasteiger partial charge in [0, 0.05) is 29.6 Å². The largest absolute Gasteiger partial charge is 0.382 e. The van der Waals surface area contributed by atoms with Crippen molar-refractivity contribution >= 4 is 29.2 Å². The Labute approximate surface area is 165 Å². The molecule has 0 aliphatic carbocycles. The summed E-state index contributed by atoms with van der Waals surface area (Å²) in [5.74, 6) is -0.309. The van der Waals surface area contributed by atoms with Crippen LogP contribution in [-0.4, -0.2) is 27.3 Å². The number of imidazole rings is 1. The van der Waals surface area contributed by atoms with Gasteiger partial charge in [-0.1, -0.05) is 35.0 Å². The molecule has 0 radical (unpaired) electrons. The van der Waals surface area contributed by atoms with Crippen molar-refractivity contribution in [2.24, 2.45) is 12.2 Å². The zero-order chi connectivity index (χ0) is 19.7. The number of nitrogens with one attached hydrogen (secondary N) is 1. The number of benzene rings is 2. The van der Waals surface area contributed by atoms with Crippen LogP contribution >= 0.6 is 11.6 Å². The Morgan fingerprint density at radius 1 is 1.25 bits per heavy atom. The maximum Gasteiger partial charge on any atom is 0.271 e. The number of hydrogen-bond acceptors (Lipinski definition) is 4. The summed E-state index contributed by atoms with van der Waals surface area (Å²) in [7, 11) is 1.77. The van der Waals surface area contributed by atoms with Crippen LogP contribution in [0.5, 0.6) is 0 Å². The van der Waals surface area contributed by atoms with E-state index in [1.165, 1.54) is 12.1 Å². The average molecular weight is 399 g/mol. The van der Waals surface area contributed by atoms with Crippen LogP contribution in [0.25, 0.3) is 11.3 Å². The Balaban J connectivity index is 1.45. The number of carbonyl (C=O) groups is 1. The Hall–Kier alpha value is -3.19. The van der Waals surface area contributed by atoms with Crippen molar-refractivity contribution in [3.63, 3.8) is 0 Å². The lowest BCUT2D eigenvalue weighted by Gasteiger charge is -2.10. The summed E-state index contributed by atoms with van der Waals surface area (Å²) < 4.78 is 14.8. The fourth-order valence-electron chi connectivity index (χ4n) is 2.98. The fourth-order valence-corrected chi connectivity index (χ4v) is 3.22. The van der Waals surface area contributed by atoms with Crippen molar-refractivity contribution in [3.05, 3.63) is 71.1 Å². The van der Waals surface area contributed by atoms with Gasteiger partial charge in [0.2, 0.25) is 12.1 Å². The Kier molecular flexibility index (Phi) is 4.83. The van der Waals surface area contributed by atoms with Gasteiger partial charge in [0.1, 0.15) is 5.82 Å². The number of anilines is 1. The van der Waals surface area contributed by atoms with Crippen LogP contribution in [0.2, 0.25) is 5.02 Å². The highest BCUT2D eigenvalue weighted by atomic mass is 35.5. The lowest BCUT2D eigenvalue weighted by Crippen LogP contribution is -2.29. The third kappa shape index (κ3) is 3.48. The molecular formula is C20H16ClFN4O2. The van der Waals surface area contributed by atoms with Gasteiger partial charge < -0.3 is 9.40 Å². The van der Waals surface area contributed by atoms with Gasteiger partial charge in [-0.2, -0.15) is 0 Å². The molecule has 1 N–H and O–H groups in total. The number of amides is 1. The lowest BCUT2D eigenvalue weighted by molar-refractivity contribution is -0.125. The van der Waals surface area contributed by atoms with E-state index >= 15 is 0 Å². The number of rotatable bonds is 4. The number of hydrogen-bond donors (Lipinski definition) is 1. The highest BCUT2D eigenvalue weighted by Gasteiger charge is 2.30. The van der Waals surface area contributed by atoms with E-state index in [-0.39, 0.29) is 11.7 Å². The van der Waals surface area contributed by atoms with Crippen LogP contribution in [0, 0.1) is 5.82 Å². The predicted octanol–water partition coefficient (Wildman–Crippen LogP) is 4.01. The molecule has 0 saturated carbocycles. The third-order valence-electron chi connectivity index (χ3n) is 4.51. The van der Waals surface area contributed by atoms with Crippen LogP contribution < -0.4 is 5.32 Å². The van der Waals surface area contributed by atoms with Crippen molar-refractivity contribution < 1.29 is 14.0 Å². The minimum Gasteiger partial charge on any atom is -0.382 e. The van der Waals surface area contributed by atoms with Gasteiger partial charge in [0.25, 0.3) is 5.91 Å². The summed E-state index contributed by atoms with van der Waals surface area (Å²) >= 11 is 6.18. The standard InChI is InChI=1S/C20H16ClFN4O2/c1-26-17(12-6-8-13(22)9-7-12)11-23-20(26)24-19(27)18-10-16(25-28-18)14-4-2-3-5-15(14)21/h2-9,11,18H,10H2,1H3,(H,23,24,27). The van der Waals surface area contributed by atoms with E-state index in [2.05, 4.69) is 15.5 Å². The van der Waals surface area contributed by atoms with Crippen molar-refractivity contribution in [2.75, 3.05) is 5.32 Å². The van der Waals surface area contributed by atoms with Gasteiger partial charge in [-0.15, -0.1) is 0 Å². The van der Waals surface area contributed by atoms with Crippen molar-refractivity contribution in [2.45, 2.75) is 12.5 Å². The molecule has 2 aromatic carbocycles. The van der Waals surface area contributed by atoms with Gasteiger partial charge in [-0.25, -0.2) is 9.37 Å². The van der Waals surface area contributed by atoms with Crippen LogP contribution in [0.3, 0.4) is 0 Å². The fraction of sp³-hybridized carbons (Fsp3) is 0.150. The molecule has 8 heteroatoms. The molecule has 1 aliphatic heterocycles. The third-order valence-corrected chi connectivity index (χ3v) is 4.84. The van der Waals surface area contributed by atoms with Crippen molar-refractivity contribution in [3.8, 4) is 11.3 Å². The van der Waals surface area contributed by atoms with E-state index in [1.807, 2.05) is 18.2 Å². The van der Waals surface area contributed by atoms with Gasteiger partial charge in [-0.05, 0) is 30.3 Å². The molecule has 6 nitrogen and oxygen atoms in total. The molecule has 28 heavy (non-hydrogen) atoms. The van der Waals surface area contributed by atoms with E-state index in [9.17, 15) is 9.18 Å². The second kappa shape index (κ2) is 7.44. The van der Waals surface area contributed by atoms with Crippen LogP contribution in [0.4, 0.5) is 10.3 Å². The first-order chi connectivity index (χ1) is 13.5. The summed E-state index contributed by atoms with van der Waals surface area (Å²) in [5, 5.41) is 7.31. The predicted molar refractivity (Wildman–Crippen MR) is 105 cm³/mol. The van der Waals surface area contributed by atoms with E-state index in [0.29, 0.717) is 23.1 Å². The van der Waals surface area contributed by atoms with Gasteiger partial charge in [-0.3, -0.25) is 10.1 Å². The number of halogens is 2. The first-order valence-electron chi connectivity index (χ1n) is 8.59. The highest BCUT2D eigenvalue weighted by molar-refractivity contribution is 6.34. The summed E-state index contributed by atoms with van der Waals surface area (Å²) in [5.41, 5.74) is 2.90. The molecule has 0 bridgehead atoms. The zero-order valence-corrected chi connectivity index (χ0v) is 15.7. The quantitative estimate of drug-likeness (QED) is 0.722. The van der Waals surface area contributed by atoms with E-state index in [4.69, 9.17) is 16.4 Å². The van der Waals surface area contributed by atoms with Gasteiger partial charge >= 0.3 is 0 Å². The normalized spacial score (nSPS) is 15.8. The number of oxime groups is 1. The molecule has 0 fully saturated rings. The molecular weight excluding hydrogens is 383 g/mol. The summed E-state index contributed by atoms with van der Waals surface area (Å²) in [6.45, 7) is 0. The van der Waals surface area contributed by atoms with Crippen molar-refractivity contribution in [1.29, 1.82) is 0 Å². The Bertz CT molecular complexity index is 1060. The monoisotopic (exact) mass is 398 g/mol. The highest BCUT2D eigenvalue weighted by Crippen LogP contribution is 2.25. The molecule has 4 rings (SSSR count). The molecule has 1 unspecified atom stereocenters. The lowest BCUT2D eigenvalue weighted by atomic mass is 10.0. The first kappa shape index (κ1) is 18.2. The number of nitrogens with zero attached hydrogens (tertiary/aromatic N) is 3. The minimum absolute atomic E-state index is 0.310. The SMILES string of the molecule is Cn1c(-c2ccc(F)cc2)cnc1NC(=O)C1CC(c2ccccc2Cl)=NO1. The number of carbonyl (C=O) groups excluding carboxylic acids is 1. The van der Waals surface area contributed by atoms with Gasteiger partial charge in [0.05, 0.1) is 17.6 Å². The van der Waals surface area contributed by atoms with Crippen molar-refractivity contribution in [1.82, 2.24) is 9.55 Å². The molecule has 142 valence electrons. The summed E-state index contributed by atoms with van der Waals surface area (Å²) in [6, 6.07) is 13.3. The molecule has 1 aromatic heterocycles. The summed E-state index contributed by atoms with van der Waals surface area (Å²) in [4.78, 5) is 22.1. The molecule has 3 aromatic rings. The topological polar surface area (TPSA) is 68.5 Å². The summed E-state index contributed by atoms with van der Waals surface area (Å²) in [6.07, 6.45) is 1.16.